The highest BCUT2D eigenvalue weighted by atomic mass is 19.1. The normalized spacial score (nSPS) is 14.5. The molecule has 1 fully saturated rings. The van der Waals surface area contributed by atoms with Gasteiger partial charge in [0.2, 0.25) is 0 Å². The number of fused-ring (bicyclic) bond motifs is 1. The fourth-order valence-corrected chi connectivity index (χ4v) is 4.20. The number of pyridine rings is 1. The summed E-state index contributed by atoms with van der Waals surface area (Å²) in [4.78, 5) is 35.0. The predicted molar refractivity (Wildman–Crippen MR) is 123 cm³/mol. The largest absolute Gasteiger partial charge is 0.336 e. The summed E-state index contributed by atoms with van der Waals surface area (Å²) in [6.07, 6.45) is 4.01. The molecule has 166 valence electrons. The van der Waals surface area contributed by atoms with E-state index in [1.54, 1.807) is 29.2 Å². The number of ketones is 1. The summed E-state index contributed by atoms with van der Waals surface area (Å²) in [5, 5.41) is 0. The Hall–Kier alpha value is -3.84. The number of aromatic nitrogens is 2. The number of halogens is 1. The highest BCUT2D eigenvalue weighted by molar-refractivity contribution is 6.15. The third-order valence-electron chi connectivity index (χ3n) is 5.97. The van der Waals surface area contributed by atoms with Gasteiger partial charge >= 0.3 is 0 Å². The molecule has 0 saturated carbocycles. The molecule has 0 atom stereocenters. The lowest BCUT2D eigenvalue weighted by Crippen LogP contribution is -2.48. The van der Waals surface area contributed by atoms with Gasteiger partial charge in [-0.1, -0.05) is 24.3 Å². The van der Waals surface area contributed by atoms with Gasteiger partial charge in [0.05, 0.1) is 11.3 Å². The number of hydrogen-bond acceptors (Lipinski definition) is 4. The summed E-state index contributed by atoms with van der Waals surface area (Å²) in [5.41, 5.74) is 2.98. The number of benzene rings is 2. The van der Waals surface area contributed by atoms with Crippen LogP contribution in [0.15, 0.2) is 79.1 Å². The molecular formula is C26H23FN4O2. The highest BCUT2D eigenvalue weighted by Gasteiger charge is 2.26. The molecule has 0 aliphatic carbocycles. The Kier molecular flexibility index (Phi) is 5.71. The van der Waals surface area contributed by atoms with Crippen LogP contribution in [0, 0.1) is 5.82 Å². The first kappa shape index (κ1) is 21.0. The Labute approximate surface area is 190 Å². The topological polar surface area (TPSA) is 57.9 Å². The predicted octanol–water partition coefficient (Wildman–Crippen LogP) is 3.66. The Morgan fingerprint density at radius 3 is 2.27 bits per heavy atom. The van der Waals surface area contributed by atoms with E-state index in [2.05, 4.69) is 9.88 Å². The summed E-state index contributed by atoms with van der Waals surface area (Å²) < 4.78 is 15.2. The van der Waals surface area contributed by atoms with E-state index < -0.39 is 5.82 Å². The van der Waals surface area contributed by atoms with Crippen molar-refractivity contribution in [1.82, 2.24) is 19.2 Å². The van der Waals surface area contributed by atoms with E-state index >= 15 is 0 Å². The summed E-state index contributed by atoms with van der Waals surface area (Å²) in [6, 6.07) is 18.1. The maximum atomic E-state index is 13.3. The molecule has 7 heteroatoms. The summed E-state index contributed by atoms with van der Waals surface area (Å²) in [5.74, 6) is -0.852. The monoisotopic (exact) mass is 442 g/mol. The van der Waals surface area contributed by atoms with Crippen LogP contribution in [0.3, 0.4) is 0 Å². The lowest BCUT2D eigenvalue weighted by atomic mass is 9.97. The van der Waals surface area contributed by atoms with Crippen molar-refractivity contribution in [2.75, 3.05) is 26.2 Å². The van der Waals surface area contributed by atoms with Crippen LogP contribution < -0.4 is 0 Å². The lowest BCUT2D eigenvalue weighted by Gasteiger charge is -2.34. The molecule has 0 N–H and O–H groups in total. The van der Waals surface area contributed by atoms with Crippen molar-refractivity contribution in [1.29, 1.82) is 0 Å². The highest BCUT2D eigenvalue weighted by Crippen LogP contribution is 2.19. The fourth-order valence-electron chi connectivity index (χ4n) is 4.20. The van der Waals surface area contributed by atoms with E-state index in [9.17, 15) is 14.0 Å². The number of rotatable bonds is 5. The van der Waals surface area contributed by atoms with E-state index in [1.165, 1.54) is 24.3 Å². The number of imidazole rings is 1. The van der Waals surface area contributed by atoms with Gasteiger partial charge in [0, 0.05) is 56.2 Å². The average molecular weight is 442 g/mol. The maximum absolute atomic E-state index is 13.3. The number of hydrogen-bond donors (Lipinski definition) is 0. The van der Waals surface area contributed by atoms with E-state index in [4.69, 9.17) is 0 Å². The summed E-state index contributed by atoms with van der Waals surface area (Å²) in [6.45, 7) is 3.33. The number of carbonyl (C=O) groups excluding carboxylic acids is 2. The molecule has 1 saturated heterocycles. The molecule has 1 aliphatic rings. The van der Waals surface area contributed by atoms with E-state index in [0.717, 1.165) is 31.0 Å². The minimum Gasteiger partial charge on any atom is -0.336 e. The molecule has 3 heterocycles. The minimum atomic E-state index is -0.405. The molecule has 6 nitrogen and oxygen atoms in total. The van der Waals surface area contributed by atoms with Gasteiger partial charge in [-0.15, -0.1) is 0 Å². The zero-order valence-corrected chi connectivity index (χ0v) is 18.0. The number of nitrogens with zero attached hydrogens (tertiary/aromatic N) is 4. The molecule has 0 bridgehead atoms. The van der Waals surface area contributed by atoms with Gasteiger partial charge in [-0.2, -0.15) is 0 Å². The van der Waals surface area contributed by atoms with Gasteiger partial charge in [0.1, 0.15) is 11.5 Å². The lowest BCUT2D eigenvalue weighted by molar-refractivity contribution is 0.0624. The van der Waals surface area contributed by atoms with Crippen LogP contribution in [0.2, 0.25) is 0 Å². The molecule has 0 spiro atoms. The Morgan fingerprint density at radius 2 is 1.55 bits per heavy atom. The maximum Gasteiger partial charge on any atom is 0.254 e. The van der Waals surface area contributed by atoms with Crippen LogP contribution in [-0.2, 0) is 6.54 Å². The van der Waals surface area contributed by atoms with Crippen molar-refractivity contribution in [2.45, 2.75) is 6.54 Å². The van der Waals surface area contributed by atoms with Crippen molar-refractivity contribution >= 4 is 17.3 Å². The van der Waals surface area contributed by atoms with Crippen molar-refractivity contribution in [3.05, 3.63) is 107 Å². The van der Waals surface area contributed by atoms with Crippen LogP contribution >= 0.6 is 0 Å². The molecule has 33 heavy (non-hydrogen) atoms. The van der Waals surface area contributed by atoms with Crippen molar-refractivity contribution < 1.29 is 14.0 Å². The van der Waals surface area contributed by atoms with Gasteiger partial charge in [0.25, 0.3) is 5.91 Å². The summed E-state index contributed by atoms with van der Waals surface area (Å²) in [7, 11) is 0. The van der Waals surface area contributed by atoms with E-state index in [-0.39, 0.29) is 11.7 Å². The van der Waals surface area contributed by atoms with Crippen molar-refractivity contribution in [2.24, 2.45) is 0 Å². The Balaban J connectivity index is 1.26. The van der Waals surface area contributed by atoms with Crippen LogP contribution in [0.25, 0.3) is 5.65 Å². The zero-order chi connectivity index (χ0) is 22.8. The molecule has 4 aromatic rings. The average Bonchev–Trinajstić information content (AvgIpc) is 3.26. The SMILES string of the molecule is O=C(c1ccc(F)cc1)c1ccccc1C(=O)N1CCN(Cc2cn3ccccc3n2)CC1. The van der Waals surface area contributed by atoms with Crippen LogP contribution in [0.5, 0.6) is 0 Å². The Morgan fingerprint density at radius 1 is 0.848 bits per heavy atom. The second kappa shape index (κ2) is 8.96. The first-order valence-electron chi connectivity index (χ1n) is 10.9. The molecule has 1 amide bonds. The first-order chi connectivity index (χ1) is 16.1. The molecule has 1 aliphatic heterocycles. The third-order valence-corrected chi connectivity index (χ3v) is 5.97. The molecule has 5 rings (SSSR count). The third kappa shape index (κ3) is 4.40. The quantitative estimate of drug-likeness (QED) is 0.443. The van der Waals surface area contributed by atoms with Gasteiger partial charge in [0.15, 0.2) is 5.78 Å². The van der Waals surface area contributed by atoms with Gasteiger partial charge in [-0.05, 0) is 42.5 Å². The van der Waals surface area contributed by atoms with Crippen LogP contribution in [0.1, 0.15) is 32.0 Å². The molecular weight excluding hydrogens is 419 g/mol. The standard InChI is InChI=1S/C26H23FN4O2/c27-20-10-8-19(9-11-20)25(32)22-5-1-2-6-23(22)26(33)30-15-13-29(14-16-30)17-21-18-31-12-4-3-7-24(31)28-21/h1-12,18H,13-17H2. The molecule has 2 aromatic heterocycles. The second-order valence-corrected chi connectivity index (χ2v) is 8.15. The fraction of sp³-hybridized carbons (Fsp3) is 0.192. The van der Waals surface area contributed by atoms with Gasteiger partial charge in [-0.25, -0.2) is 9.37 Å². The Bertz CT molecular complexity index is 1270. The number of piperazine rings is 1. The molecule has 0 unspecified atom stereocenters. The summed E-state index contributed by atoms with van der Waals surface area (Å²) >= 11 is 0. The van der Waals surface area contributed by atoms with Crippen LogP contribution in [0.4, 0.5) is 4.39 Å². The number of carbonyl (C=O) groups is 2. The van der Waals surface area contributed by atoms with Crippen LogP contribution in [-0.4, -0.2) is 57.1 Å². The first-order valence-corrected chi connectivity index (χ1v) is 10.9. The van der Waals surface area contributed by atoms with Crippen molar-refractivity contribution in [3.8, 4) is 0 Å². The molecule has 2 aromatic carbocycles. The van der Waals surface area contributed by atoms with Gasteiger partial charge < -0.3 is 9.30 Å². The number of amides is 1. The van der Waals surface area contributed by atoms with Crippen molar-refractivity contribution in [3.63, 3.8) is 0 Å². The zero-order valence-electron chi connectivity index (χ0n) is 18.0. The minimum absolute atomic E-state index is 0.159. The smallest absolute Gasteiger partial charge is 0.254 e. The second-order valence-electron chi connectivity index (χ2n) is 8.15. The van der Waals surface area contributed by atoms with Gasteiger partial charge in [-0.3, -0.25) is 14.5 Å². The van der Waals surface area contributed by atoms with E-state index in [0.29, 0.717) is 29.8 Å². The molecule has 0 radical (unpaired) electrons. The van der Waals surface area contributed by atoms with E-state index in [1.807, 2.05) is 35.0 Å².